The molecular formula is C21H33N6O5S+. The van der Waals surface area contributed by atoms with Crippen molar-refractivity contribution in [1.82, 2.24) is 19.5 Å². The highest BCUT2D eigenvalue weighted by Gasteiger charge is 2.45. The molecule has 4 unspecified atom stereocenters. The molecule has 1 fully saturated rings. The van der Waals surface area contributed by atoms with Crippen LogP contribution in [-0.4, -0.2) is 83.2 Å². The number of ether oxygens (including phenoxy) is 1. The minimum absolute atomic E-state index is 0.336. The van der Waals surface area contributed by atoms with E-state index in [1.54, 1.807) is 4.57 Å². The number of nitrogens with zero attached hydrogens (tertiary/aromatic N) is 4. The molecule has 0 bridgehead atoms. The number of carboxylic acid groups (broad SMARTS) is 1. The van der Waals surface area contributed by atoms with Gasteiger partial charge in [0.25, 0.3) is 0 Å². The van der Waals surface area contributed by atoms with Crippen molar-refractivity contribution in [3.63, 3.8) is 0 Å². The smallest absolute Gasteiger partial charge is 0.320 e. The number of rotatable bonds is 10. The maximum Gasteiger partial charge on any atom is 0.320 e. The summed E-state index contributed by atoms with van der Waals surface area (Å²) >= 11 is 0.889. The summed E-state index contributed by atoms with van der Waals surface area (Å²) < 4.78 is 7.50. The van der Waals surface area contributed by atoms with Crippen LogP contribution in [0, 0.1) is 11.8 Å². The van der Waals surface area contributed by atoms with E-state index in [1.165, 1.54) is 12.7 Å². The summed E-state index contributed by atoms with van der Waals surface area (Å²) in [7, 11) is 0. The Morgan fingerprint density at radius 2 is 2.03 bits per heavy atom. The Kier molecular flexibility index (Phi) is 10.8. The highest BCUT2D eigenvalue weighted by atomic mass is 32.2. The summed E-state index contributed by atoms with van der Waals surface area (Å²) in [4.78, 5) is 23.6. The third-order valence-corrected chi connectivity index (χ3v) is 6.18. The minimum atomic E-state index is -1.14. The molecule has 1 aliphatic heterocycles. The van der Waals surface area contributed by atoms with Crippen molar-refractivity contribution in [1.29, 1.82) is 0 Å². The van der Waals surface area contributed by atoms with Gasteiger partial charge in [-0.15, -0.1) is 11.8 Å². The molecule has 0 aromatic carbocycles. The lowest BCUT2D eigenvalue weighted by molar-refractivity contribution is -0.138. The van der Waals surface area contributed by atoms with Crippen molar-refractivity contribution in [2.45, 2.75) is 64.2 Å². The van der Waals surface area contributed by atoms with Gasteiger partial charge in [-0.3, -0.25) is 9.36 Å². The molecule has 12 heteroatoms. The zero-order chi connectivity index (χ0) is 24.4. The highest BCUT2D eigenvalue weighted by molar-refractivity contribution is 7.78. The summed E-state index contributed by atoms with van der Waals surface area (Å²) in [6.07, 6.45) is 0.568. The minimum Gasteiger partial charge on any atom is -0.480 e. The number of aliphatic hydroxyl groups excluding tert-OH is 2. The molecule has 0 amide bonds. The molecule has 0 saturated carbocycles. The summed E-state index contributed by atoms with van der Waals surface area (Å²) in [6, 6.07) is -0.900. The second kappa shape index (κ2) is 13.3. The largest absolute Gasteiger partial charge is 0.480 e. The lowest BCUT2D eigenvalue weighted by Crippen LogP contribution is -2.34. The van der Waals surface area contributed by atoms with E-state index in [4.69, 9.17) is 15.6 Å². The first-order valence-corrected chi connectivity index (χ1v) is 12.0. The van der Waals surface area contributed by atoms with Gasteiger partial charge < -0.3 is 31.1 Å². The Balaban J connectivity index is 0.000000890. The van der Waals surface area contributed by atoms with Crippen LogP contribution < -0.4 is 11.1 Å². The van der Waals surface area contributed by atoms with Crippen molar-refractivity contribution in [3.05, 3.63) is 12.7 Å². The van der Waals surface area contributed by atoms with Crippen molar-refractivity contribution in [3.8, 4) is 11.8 Å². The van der Waals surface area contributed by atoms with Crippen LogP contribution in [0.5, 0.6) is 0 Å². The summed E-state index contributed by atoms with van der Waals surface area (Å²) in [5.41, 5.74) is 6.56. The zero-order valence-corrected chi connectivity index (χ0v) is 19.9. The highest BCUT2D eigenvalue weighted by Crippen LogP contribution is 2.32. The Morgan fingerprint density at radius 1 is 1.30 bits per heavy atom. The van der Waals surface area contributed by atoms with E-state index < -0.39 is 36.6 Å². The van der Waals surface area contributed by atoms with E-state index in [2.05, 4.69) is 32.1 Å². The fourth-order valence-corrected chi connectivity index (χ4v) is 4.29. The van der Waals surface area contributed by atoms with Gasteiger partial charge in [0, 0.05) is 13.0 Å². The van der Waals surface area contributed by atoms with Crippen molar-refractivity contribution >= 4 is 34.7 Å². The number of nitrogens with one attached hydrogen (secondary N) is 1. The number of carbonyl (C=O) groups is 1. The summed E-state index contributed by atoms with van der Waals surface area (Å²) in [6.45, 7) is 6.43. The van der Waals surface area contributed by atoms with Gasteiger partial charge in [0.15, 0.2) is 23.2 Å². The third kappa shape index (κ3) is 7.02. The first-order valence-electron chi connectivity index (χ1n) is 10.7. The number of anilines is 1. The number of aliphatic hydroxyl groups is 2. The number of hydrogen-bond acceptors (Lipinski definition) is 9. The molecule has 1 saturated heterocycles. The summed E-state index contributed by atoms with van der Waals surface area (Å²) in [5, 5.41) is 32.9. The molecule has 1 aliphatic rings. The molecular weight excluding hydrogens is 448 g/mol. The quantitative estimate of drug-likeness (QED) is 0.134. The van der Waals surface area contributed by atoms with E-state index in [9.17, 15) is 15.0 Å². The van der Waals surface area contributed by atoms with E-state index >= 15 is 0 Å². The normalized spacial score (nSPS) is 22.7. The Hall–Kier alpha value is -2.43. The first-order chi connectivity index (χ1) is 15.8. The van der Waals surface area contributed by atoms with Crippen molar-refractivity contribution in [2.24, 2.45) is 5.73 Å². The SMILES string of the molecule is CC#CC.CCCNc1ncnc2c1ncn2C1OC(C[SH+]CC[C@H](N)C(=O)O)C(O)C1O. The number of hydrogen-bond donors (Lipinski definition) is 5. The number of aromatic nitrogens is 4. The lowest BCUT2D eigenvalue weighted by Gasteiger charge is -2.16. The van der Waals surface area contributed by atoms with Gasteiger partial charge in [0.1, 0.15) is 42.2 Å². The van der Waals surface area contributed by atoms with Crippen LogP contribution in [0.1, 0.15) is 39.8 Å². The number of thiol groups is 1. The number of carboxylic acids is 1. The Morgan fingerprint density at radius 3 is 2.67 bits per heavy atom. The second-order valence-corrected chi connectivity index (χ2v) is 8.64. The fraction of sp³-hybridized carbons (Fsp3) is 0.619. The average Bonchev–Trinajstić information content (AvgIpc) is 3.36. The molecule has 0 aliphatic carbocycles. The lowest BCUT2D eigenvalue weighted by atomic mass is 10.1. The molecule has 3 rings (SSSR count). The maximum absolute atomic E-state index is 10.8. The van der Waals surface area contributed by atoms with Gasteiger partial charge >= 0.3 is 5.97 Å². The molecule has 2 aromatic rings. The topological polar surface area (TPSA) is 169 Å². The number of nitrogens with two attached hydrogens (primary N) is 1. The first kappa shape index (κ1) is 26.8. The van der Waals surface area contributed by atoms with E-state index in [1.807, 2.05) is 20.8 Å². The predicted molar refractivity (Wildman–Crippen MR) is 128 cm³/mol. The molecule has 11 nitrogen and oxygen atoms in total. The van der Waals surface area contributed by atoms with Gasteiger partial charge in [-0.05, 0) is 32.0 Å². The molecule has 0 spiro atoms. The molecule has 3 heterocycles. The predicted octanol–water partition coefficient (Wildman–Crippen LogP) is -0.0861. The zero-order valence-electron chi connectivity index (χ0n) is 19.0. The van der Waals surface area contributed by atoms with Gasteiger partial charge in [0.2, 0.25) is 0 Å². The third-order valence-electron chi connectivity index (χ3n) is 4.99. The van der Waals surface area contributed by atoms with E-state index in [0.717, 1.165) is 24.7 Å². The van der Waals surface area contributed by atoms with E-state index in [-0.39, 0.29) is 0 Å². The van der Waals surface area contributed by atoms with Crippen LogP contribution in [0.25, 0.3) is 11.2 Å². The molecule has 0 radical (unpaired) electrons. The van der Waals surface area contributed by atoms with Crippen LogP contribution >= 0.6 is 0 Å². The van der Waals surface area contributed by atoms with Crippen LogP contribution in [0.4, 0.5) is 5.82 Å². The second-order valence-electron chi connectivity index (χ2n) is 7.38. The fourth-order valence-electron chi connectivity index (χ4n) is 3.09. The van der Waals surface area contributed by atoms with E-state index in [0.29, 0.717) is 34.9 Å². The van der Waals surface area contributed by atoms with Crippen LogP contribution in [0.15, 0.2) is 12.7 Å². The van der Waals surface area contributed by atoms with Crippen LogP contribution in [0.2, 0.25) is 0 Å². The van der Waals surface area contributed by atoms with Gasteiger partial charge in [-0.1, -0.05) is 6.92 Å². The Bertz CT molecular complexity index is 956. The number of fused-ring (bicyclic) bond motifs is 1. The van der Waals surface area contributed by atoms with Gasteiger partial charge in [-0.2, -0.15) is 0 Å². The molecule has 182 valence electrons. The maximum atomic E-state index is 10.8. The Labute approximate surface area is 197 Å². The number of imidazole rings is 1. The van der Waals surface area contributed by atoms with Crippen LogP contribution in [0.3, 0.4) is 0 Å². The molecule has 2 aromatic heterocycles. The van der Waals surface area contributed by atoms with Gasteiger partial charge in [0.05, 0.1) is 6.33 Å². The number of aliphatic carboxylic acids is 1. The van der Waals surface area contributed by atoms with Gasteiger partial charge in [-0.25, -0.2) is 15.0 Å². The molecule has 33 heavy (non-hydrogen) atoms. The summed E-state index contributed by atoms with van der Waals surface area (Å²) in [5.74, 6) is 5.95. The monoisotopic (exact) mass is 481 g/mol. The van der Waals surface area contributed by atoms with Crippen molar-refractivity contribution < 1.29 is 24.9 Å². The van der Waals surface area contributed by atoms with Crippen molar-refractivity contribution in [2.75, 3.05) is 23.4 Å². The molecule has 6 N–H and O–H groups in total. The van der Waals surface area contributed by atoms with Crippen LogP contribution in [-0.2, 0) is 21.3 Å². The average molecular weight is 482 g/mol. The standard InChI is InChI=1S/C17H26N6O5S.C4H6/c1-2-4-19-14-11-15(21-7-20-14)23(8-22-11)16-13(25)12(24)10(28-16)6-29-5-3-9(18)17(26)27;1-3-4-2/h7-10,12-13,16,24-25H,2-6,18H2,1H3,(H,26,27)(H,19,20,21);1-2H3/p+1/t9-,10?,12?,13?,16?;/m0./s1. The molecule has 5 atom stereocenters.